The molecule has 210 valence electrons. The summed E-state index contributed by atoms with van der Waals surface area (Å²) in [4.78, 5) is 26.0. The van der Waals surface area contributed by atoms with Crippen molar-refractivity contribution in [2.24, 2.45) is 5.92 Å². The number of hydrogen-bond donors (Lipinski definition) is 1. The average Bonchev–Trinajstić information content (AvgIpc) is 2.82. The van der Waals surface area contributed by atoms with E-state index in [1.807, 2.05) is 0 Å². The van der Waals surface area contributed by atoms with Crippen molar-refractivity contribution in [1.82, 2.24) is 5.32 Å². The van der Waals surface area contributed by atoms with Crippen molar-refractivity contribution >= 4 is 27.3 Å². The molecule has 1 heterocycles. The Morgan fingerprint density at radius 2 is 1.55 bits per heavy atom. The Bertz CT molecular complexity index is 1320. The fourth-order valence-corrected chi connectivity index (χ4v) is 6.10. The van der Waals surface area contributed by atoms with Crippen LogP contribution in [-0.2, 0) is 27.0 Å². The summed E-state index contributed by atoms with van der Waals surface area (Å²) in [6, 6.07) is 5.73. The van der Waals surface area contributed by atoms with E-state index in [4.69, 9.17) is 0 Å². The predicted molar refractivity (Wildman–Crippen MR) is 129 cm³/mol. The van der Waals surface area contributed by atoms with Crippen molar-refractivity contribution in [3.05, 3.63) is 59.2 Å². The smallest absolute Gasteiger partial charge is 0.355 e. The zero-order valence-electron chi connectivity index (χ0n) is 20.0. The molecule has 0 radical (unpaired) electrons. The Morgan fingerprint density at radius 3 is 2.08 bits per heavy atom. The van der Waals surface area contributed by atoms with Crippen LogP contribution in [0.15, 0.2) is 47.4 Å². The molecule has 2 aromatic rings. The van der Waals surface area contributed by atoms with Crippen LogP contribution in [-0.4, -0.2) is 38.6 Å². The molecule has 1 fully saturated rings. The number of nitrogens with zero attached hydrogens (tertiary/aromatic N) is 1. The number of rotatable bonds is 5. The van der Waals surface area contributed by atoms with E-state index >= 15 is 0 Å². The number of benzene rings is 2. The van der Waals surface area contributed by atoms with Crippen LogP contribution in [0, 0.1) is 5.92 Å². The highest BCUT2D eigenvalue weighted by Gasteiger charge is 2.47. The third-order valence-electron chi connectivity index (χ3n) is 6.66. The number of piperidine rings is 1. The second kappa shape index (κ2) is 10.6. The Balaban J connectivity index is 0.00000507. The van der Waals surface area contributed by atoms with Gasteiger partial charge in [0, 0.05) is 20.0 Å². The molecule has 2 aromatic carbocycles. The summed E-state index contributed by atoms with van der Waals surface area (Å²) in [5.74, 6) is -2.29. The third-order valence-corrected chi connectivity index (χ3v) is 9.25. The molecule has 1 atom stereocenters. The van der Waals surface area contributed by atoms with E-state index in [0.717, 1.165) is 35.2 Å². The molecule has 0 spiro atoms. The molecule has 3 rings (SSSR count). The van der Waals surface area contributed by atoms with Gasteiger partial charge in [-0.3, -0.25) is 9.59 Å². The van der Waals surface area contributed by atoms with Gasteiger partial charge in [-0.25, -0.2) is 8.42 Å². The van der Waals surface area contributed by atoms with Crippen molar-refractivity contribution in [3.8, 4) is 0 Å². The van der Waals surface area contributed by atoms with Gasteiger partial charge in [0.2, 0.25) is 5.91 Å². The SMILES string of the molecule is C.CNC(=O)c1cc(C(F)(F)F)ccc1N1CC[C@@H](C(C)(C)S(=O)(=O)c2cccc(C(F)(F)F)c2)CC1=O. The van der Waals surface area contributed by atoms with Crippen LogP contribution in [0.3, 0.4) is 0 Å². The van der Waals surface area contributed by atoms with Crippen molar-refractivity contribution < 1.29 is 44.3 Å². The summed E-state index contributed by atoms with van der Waals surface area (Å²) in [5, 5.41) is 2.24. The first-order chi connectivity index (χ1) is 16.9. The maximum atomic E-state index is 13.4. The molecule has 0 saturated carbocycles. The molecule has 0 aliphatic carbocycles. The zero-order valence-corrected chi connectivity index (χ0v) is 20.8. The van der Waals surface area contributed by atoms with Crippen molar-refractivity contribution in [2.45, 2.75) is 56.1 Å². The highest BCUT2D eigenvalue weighted by molar-refractivity contribution is 7.92. The Labute approximate surface area is 216 Å². The van der Waals surface area contributed by atoms with Gasteiger partial charge in [-0.1, -0.05) is 13.5 Å². The topological polar surface area (TPSA) is 83.6 Å². The van der Waals surface area contributed by atoms with E-state index in [1.54, 1.807) is 0 Å². The number of nitrogens with one attached hydrogen (secondary N) is 1. The first kappa shape index (κ1) is 31.1. The van der Waals surface area contributed by atoms with E-state index in [-0.39, 0.29) is 38.1 Å². The van der Waals surface area contributed by atoms with Gasteiger partial charge in [-0.2, -0.15) is 26.3 Å². The largest absolute Gasteiger partial charge is 0.416 e. The molecule has 1 aliphatic rings. The molecular formula is C25H28F6N2O4S. The number of amides is 2. The Kier molecular flexibility index (Phi) is 8.67. The summed E-state index contributed by atoms with van der Waals surface area (Å²) in [7, 11) is -3.11. The zero-order chi connectivity index (χ0) is 28.0. The number of carbonyl (C=O) groups is 2. The second-order valence-electron chi connectivity index (χ2n) is 9.18. The molecule has 6 nitrogen and oxygen atoms in total. The van der Waals surface area contributed by atoms with Crippen molar-refractivity contribution in [3.63, 3.8) is 0 Å². The molecule has 1 aliphatic heterocycles. The summed E-state index contributed by atoms with van der Waals surface area (Å²) in [6.07, 6.45) is -9.74. The van der Waals surface area contributed by atoms with Gasteiger partial charge in [0.25, 0.3) is 5.91 Å². The molecule has 0 unspecified atom stereocenters. The lowest BCUT2D eigenvalue weighted by Crippen LogP contribution is -2.49. The standard InChI is InChI=1S/C24H24F6N2O4S.CH4/c1-22(2,37(35,36)17-6-4-5-15(11-17)23(25,26)27)14-9-10-32(20(33)13-14)19-8-7-16(24(28,29)30)12-18(19)21(34)31-3;/h4-8,11-12,14H,9-10,13H2,1-3H3,(H,31,34);1H4/t14-;/m1./s1. The van der Waals surface area contributed by atoms with E-state index in [9.17, 15) is 44.3 Å². The first-order valence-corrected chi connectivity index (χ1v) is 12.5. The van der Waals surface area contributed by atoms with E-state index in [1.165, 1.54) is 20.9 Å². The highest BCUT2D eigenvalue weighted by Crippen LogP contribution is 2.41. The lowest BCUT2D eigenvalue weighted by molar-refractivity contribution is -0.138. The number of alkyl halides is 6. The predicted octanol–water partition coefficient (Wildman–Crippen LogP) is 5.72. The van der Waals surface area contributed by atoms with E-state index in [0.29, 0.717) is 12.1 Å². The summed E-state index contributed by atoms with van der Waals surface area (Å²) < 4.78 is 104. The Hall–Kier alpha value is -3.09. The average molecular weight is 567 g/mol. The molecule has 2 amide bonds. The van der Waals surface area contributed by atoms with Crippen LogP contribution in [0.5, 0.6) is 0 Å². The normalized spacial score (nSPS) is 17.1. The van der Waals surface area contributed by atoms with Gasteiger partial charge in [0.05, 0.1) is 32.0 Å². The quantitative estimate of drug-likeness (QED) is 0.470. The lowest BCUT2D eigenvalue weighted by Gasteiger charge is -2.40. The van der Waals surface area contributed by atoms with Crippen LogP contribution in [0.4, 0.5) is 32.0 Å². The maximum Gasteiger partial charge on any atom is 0.416 e. The van der Waals surface area contributed by atoms with Crippen LogP contribution < -0.4 is 10.2 Å². The number of hydrogen-bond acceptors (Lipinski definition) is 4. The summed E-state index contributed by atoms with van der Waals surface area (Å²) >= 11 is 0. The minimum Gasteiger partial charge on any atom is -0.355 e. The molecule has 1 saturated heterocycles. The van der Waals surface area contributed by atoms with Crippen LogP contribution >= 0.6 is 0 Å². The van der Waals surface area contributed by atoms with Gasteiger partial charge in [-0.05, 0) is 62.6 Å². The first-order valence-electron chi connectivity index (χ1n) is 11.1. The van der Waals surface area contributed by atoms with Gasteiger partial charge >= 0.3 is 12.4 Å². The molecule has 1 N–H and O–H groups in total. The highest BCUT2D eigenvalue weighted by atomic mass is 32.2. The van der Waals surface area contributed by atoms with E-state index in [2.05, 4.69) is 5.32 Å². The fourth-order valence-electron chi connectivity index (χ4n) is 4.31. The minimum absolute atomic E-state index is 0. The monoisotopic (exact) mass is 566 g/mol. The lowest BCUT2D eigenvalue weighted by atomic mass is 9.85. The van der Waals surface area contributed by atoms with E-state index < -0.39 is 60.7 Å². The van der Waals surface area contributed by atoms with Gasteiger partial charge in [0.15, 0.2) is 9.84 Å². The molecule has 38 heavy (non-hydrogen) atoms. The number of sulfone groups is 1. The number of anilines is 1. The fraction of sp³-hybridized carbons (Fsp3) is 0.440. The molecular weight excluding hydrogens is 538 g/mol. The maximum absolute atomic E-state index is 13.4. The van der Waals surface area contributed by atoms with Crippen LogP contribution in [0.2, 0.25) is 0 Å². The summed E-state index contributed by atoms with van der Waals surface area (Å²) in [5.41, 5.74) is -2.64. The van der Waals surface area contributed by atoms with Crippen molar-refractivity contribution in [1.29, 1.82) is 0 Å². The third kappa shape index (κ3) is 5.82. The van der Waals surface area contributed by atoms with Gasteiger partial charge in [-0.15, -0.1) is 0 Å². The van der Waals surface area contributed by atoms with Gasteiger partial charge in [0.1, 0.15) is 0 Å². The molecule has 0 aromatic heterocycles. The number of carbonyl (C=O) groups excluding carboxylic acids is 2. The van der Waals surface area contributed by atoms with Crippen LogP contribution in [0.25, 0.3) is 0 Å². The van der Waals surface area contributed by atoms with Crippen molar-refractivity contribution in [2.75, 3.05) is 18.5 Å². The Morgan fingerprint density at radius 1 is 0.974 bits per heavy atom. The molecule has 0 bridgehead atoms. The van der Waals surface area contributed by atoms with Gasteiger partial charge < -0.3 is 10.2 Å². The number of halogens is 6. The minimum atomic E-state index is -4.75. The summed E-state index contributed by atoms with van der Waals surface area (Å²) in [6.45, 7) is 2.54. The van der Waals surface area contributed by atoms with Crippen LogP contribution in [0.1, 0.15) is 55.6 Å². The second-order valence-corrected chi connectivity index (χ2v) is 11.7. The molecule has 13 heteroatoms.